The Hall–Kier alpha value is -1.62. The van der Waals surface area contributed by atoms with Crippen LogP contribution in [0.25, 0.3) is 11.0 Å². The summed E-state index contributed by atoms with van der Waals surface area (Å²) in [5.74, 6) is 0.560. The molecular formula is C10H13N3O2. The molecule has 2 rings (SSSR count). The van der Waals surface area contributed by atoms with Gasteiger partial charge in [0.05, 0.1) is 18.5 Å². The third kappa shape index (κ3) is 1.92. The quantitative estimate of drug-likeness (QED) is 0.701. The van der Waals surface area contributed by atoms with Gasteiger partial charge in [-0.25, -0.2) is 9.97 Å². The van der Waals surface area contributed by atoms with Gasteiger partial charge in [-0.1, -0.05) is 0 Å². The Kier molecular flexibility index (Phi) is 2.82. The molecule has 0 aliphatic heterocycles. The first kappa shape index (κ1) is 9.92. The third-order valence-corrected chi connectivity index (χ3v) is 2.14. The van der Waals surface area contributed by atoms with E-state index in [1.54, 1.807) is 19.6 Å². The topological polar surface area (TPSA) is 49.2 Å². The lowest BCUT2D eigenvalue weighted by atomic mass is 10.4. The minimum atomic E-state index is 0.485. The largest absolute Gasteiger partial charge is 0.474 e. The van der Waals surface area contributed by atoms with E-state index in [1.165, 1.54) is 0 Å². The Labute approximate surface area is 87.7 Å². The Morgan fingerprint density at radius 2 is 2.20 bits per heavy atom. The van der Waals surface area contributed by atoms with Gasteiger partial charge in [-0.15, -0.1) is 0 Å². The molecule has 5 nitrogen and oxygen atoms in total. The van der Waals surface area contributed by atoms with Gasteiger partial charge in [0.15, 0.2) is 5.52 Å². The monoisotopic (exact) mass is 207 g/mol. The second-order valence-corrected chi connectivity index (χ2v) is 3.18. The highest BCUT2D eigenvalue weighted by Gasteiger charge is 2.07. The fourth-order valence-electron chi connectivity index (χ4n) is 1.37. The summed E-state index contributed by atoms with van der Waals surface area (Å²) >= 11 is 0. The second-order valence-electron chi connectivity index (χ2n) is 3.18. The number of hydrogen-bond acceptors (Lipinski definition) is 4. The van der Waals surface area contributed by atoms with E-state index in [0.717, 1.165) is 11.0 Å². The number of rotatable bonds is 4. The fourth-order valence-corrected chi connectivity index (χ4v) is 1.37. The Morgan fingerprint density at radius 1 is 1.33 bits per heavy atom. The minimum Gasteiger partial charge on any atom is -0.474 e. The van der Waals surface area contributed by atoms with Gasteiger partial charge in [-0.2, -0.15) is 0 Å². The molecule has 0 N–H and O–H groups in total. The van der Waals surface area contributed by atoms with Crippen LogP contribution >= 0.6 is 0 Å². The van der Waals surface area contributed by atoms with E-state index in [-0.39, 0.29) is 0 Å². The van der Waals surface area contributed by atoms with Crippen LogP contribution in [0.1, 0.15) is 0 Å². The lowest BCUT2D eigenvalue weighted by Gasteiger charge is -2.04. The van der Waals surface area contributed by atoms with Gasteiger partial charge in [0.25, 0.3) is 0 Å². The zero-order valence-corrected chi connectivity index (χ0v) is 8.80. The first-order valence-electron chi connectivity index (χ1n) is 4.70. The van der Waals surface area contributed by atoms with E-state index >= 15 is 0 Å². The van der Waals surface area contributed by atoms with Gasteiger partial charge in [0, 0.05) is 20.4 Å². The zero-order valence-electron chi connectivity index (χ0n) is 8.80. The molecule has 0 aliphatic rings. The van der Waals surface area contributed by atoms with Gasteiger partial charge in [-0.05, 0) is 6.07 Å². The molecule has 0 aliphatic carbocycles. The van der Waals surface area contributed by atoms with E-state index < -0.39 is 0 Å². The number of fused-ring (bicyclic) bond motifs is 1. The normalized spacial score (nSPS) is 10.8. The summed E-state index contributed by atoms with van der Waals surface area (Å²) in [4.78, 5) is 8.37. The second kappa shape index (κ2) is 4.27. The number of methoxy groups -OCH3 is 1. The SMILES string of the molecule is COCCOc1nccc2c1ncn2C. The predicted octanol–water partition coefficient (Wildman–Crippen LogP) is 0.994. The molecule has 0 aromatic carbocycles. The molecule has 0 saturated carbocycles. The van der Waals surface area contributed by atoms with Gasteiger partial charge in [0.1, 0.15) is 6.61 Å². The van der Waals surface area contributed by atoms with E-state index in [4.69, 9.17) is 9.47 Å². The van der Waals surface area contributed by atoms with Crippen molar-refractivity contribution in [2.24, 2.45) is 7.05 Å². The van der Waals surface area contributed by atoms with E-state index in [2.05, 4.69) is 9.97 Å². The maximum absolute atomic E-state index is 5.46. The molecule has 2 aromatic rings. The average Bonchev–Trinajstić information content (AvgIpc) is 2.62. The Bertz CT molecular complexity index is 453. The van der Waals surface area contributed by atoms with Crippen molar-refractivity contribution in [2.75, 3.05) is 20.3 Å². The molecule has 0 unspecified atom stereocenters. The summed E-state index contributed by atoms with van der Waals surface area (Å²) in [6, 6.07) is 1.91. The number of aryl methyl sites for hydroxylation is 1. The summed E-state index contributed by atoms with van der Waals surface area (Å²) in [7, 11) is 3.58. The molecule has 0 radical (unpaired) electrons. The molecule has 2 heterocycles. The van der Waals surface area contributed by atoms with Crippen LogP contribution in [-0.4, -0.2) is 34.9 Å². The predicted molar refractivity (Wildman–Crippen MR) is 55.9 cm³/mol. The van der Waals surface area contributed by atoms with E-state index in [0.29, 0.717) is 19.1 Å². The number of aromatic nitrogens is 3. The maximum Gasteiger partial charge on any atom is 0.242 e. The summed E-state index contributed by atoms with van der Waals surface area (Å²) in [5.41, 5.74) is 1.80. The van der Waals surface area contributed by atoms with Crippen LogP contribution < -0.4 is 4.74 Å². The van der Waals surface area contributed by atoms with Crippen molar-refractivity contribution >= 4 is 11.0 Å². The van der Waals surface area contributed by atoms with Gasteiger partial charge in [0.2, 0.25) is 5.88 Å². The number of pyridine rings is 1. The minimum absolute atomic E-state index is 0.485. The van der Waals surface area contributed by atoms with Crippen LogP contribution in [0.15, 0.2) is 18.6 Å². The van der Waals surface area contributed by atoms with Crippen molar-refractivity contribution in [2.45, 2.75) is 0 Å². The van der Waals surface area contributed by atoms with E-state index in [1.807, 2.05) is 17.7 Å². The molecule has 0 bridgehead atoms. The van der Waals surface area contributed by atoms with Gasteiger partial charge >= 0.3 is 0 Å². The molecule has 0 fully saturated rings. The molecule has 0 saturated heterocycles. The molecule has 5 heteroatoms. The molecule has 0 amide bonds. The summed E-state index contributed by atoms with van der Waals surface area (Å²) < 4.78 is 12.3. The smallest absolute Gasteiger partial charge is 0.242 e. The van der Waals surface area contributed by atoms with Crippen molar-refractivity contribution in [3.63, 3.8) is 0 Å². The van der Waals surface area contributed by atoms with Crippen LogP contribution in [0.2, 0.25) is 0 Å². The van der Waals surface area contributed by atoms with Crippen molar-refractivity contribution in [1.29, 1.82) is 0 Å². The van der Waals surface area contributed by atoms with Crippen molar-refractivity contribution in [1.82, 2.24) is 14.5 Å². The summed E-state index contributed by atoms with van der Waals surface area (Å²) in [6.45, 7) is 1.03. The first-order chi connectivity index (χ1) is 7.33. The maximum atomic E-state index is 5.46. The van der Waals surface area contributed by atoms with E-state index in [9.17, 15) is 0 Å². The number of ether oxygens (including phenoxy) is 2. The van der Waals surface area contributed by atoms with Crippen LogP contribution in [0.3, 0.4) is 0 Å². The molecule has 0 spiro atoms. The standard InChI is InChI=1S/C10H13N3O2/c1-13-7-12-9-8(13)3-4-11-10(9)15-6-5-14-2/h3-4,7H,5-6H2,1-2H3. The molecule has 80 valence electrons. The number of hydrogen-bond donors (Lipinski definition) is 0. The lowest BCUT2D eigenvalue weighted by Crippen LogP contribution is -2.05. The van der Waals surface area contributed by atoms with Crippen LogP contribution in [0.4, 0.5) is 0 Å². The molecule has 2 aromatic heterocycles. The fraction of sp³-hybridized carbons (Fsp3) is 0.400. The van der Waals surface area contributed by atoms with Crippen molar-refractivity contribution in [3.05, 3.63) is 18.6 Å². The van der Waals surface area contributed by atoms with Gasteiger partial charge < -0.3 is 14.0 Å². The van der Waals surface area contributed by atoms with Crippen molar-refractivity contribution in [3.8, 4) is 5.88 Å². The highest BCUT2D eigenvalue weighted by atomic mass is 16.5. The molecule has 15 heavy (non-hydrogen) atoms. The van der Waals surface area contributed by atoms with Crippen LogP contribution in [0.5, 0.6) is 5.88 Å². The number of imidazole rings is 1. The Balaban J connectivity index is 2.26. The Morgan fingerprint density at radius 3 is 3.00 bits per heavy atom. The number of nitrogens with zero attached hydrogens (tertiary/aromatic N) is 3. The molecular weight excluding hydrogens is 194 g/mol. The molecule has 0 atom stereocenters. The van der Waals surface area contributed by atoms with Crippen molar-refractivity contribution < 1.29 is 9.47 Å². The van der Waals surface area contributed by atoms with Gasteiger partial charge in [-0.3, -0.25) is 0 Å². The highest BCUT2D eigenvalue weighted by Crippen LogP contribution is 2.20. The zero-order chi connectivity index (χ0) is 10.7. The first-order valence-corrected chi connectivity index (χ1v) is 4.70. The highest BCUT2D eigenvalue weighted by molar-refractivity contribution is 5.79. The third-order valence-electron chi connectivity index (χ3n) is 2.14. The summed E-state index contributed by atoms with van der Waals surface area (Å²) in [6.07, 6.45) is 3.46. The van der Waals surface area contributed by atoms with Crippen LogP contribution in [-0.2, 0) is 11.8 Å². The lowest BCUT2D eigenvalue weighted by molar-refractivity contribution is 0.144. The van der Waals surface area contributed by atoms with Crippen LogP contribution in [0, 0.1) is 0 Å². The average molecular weight is 207 g/mol. The summed E-state index contributed by atoms with van der Waals surface area (Å²) in [5, 5.41) is 0.